The van der Waals surface area contributed by atoms with Crippen molar-refractivity contribution in [2.75, 3.05) is 17.1 Å². The van der Waals surface area contributed by atoms with E-state index in [0.717, 1.165) is 17.4 Å². The van der Waals surface area contributed by atoms with Gasteiger partial charge in [0.1, 0.15) is 4.21 Å². The van der Waals surface area contributed by atoms with Gasteiger partial charge in [-0.1, -0.05) is 11.3 Å². The monoisotopic (exact) mass is 303 g/mol. The van der Waals surface area contributed by atoms with E-state index in [4.69, 9.17) is 0 Å². The molecule has 0 fully saturated rings. The van der Waals surface area contributed by atoms with E-state index < -0.39 is 14.9 Å². The maximum absolute atomic E-state index is 12.0. The second kappa shape index (κ2) is 4.85. The summed E-state index contributed by atoms with van der Waals surface area (Å²) >= 11 is 0.783. The summed E-state index contributed by atoms with van der Waals surface area (Å²) in [6.45, 7) is 0. The average Bonchev–Trinajstić information content (AvgIpc) is 2.95. The van der Waals surface area contributed by atoms with Crippen molar-refractivity contribution in [1.29, 1.82) is 0 Å². The summed E-state index contributed by atoms with van der Waals surface area (Å²) in [5.74, 6) is 0. The summed E-state index contributed by atoms with van der Waals surface area (Å²) in [5, 5.41) is 19.6. The van der Waals surface area contributed by atoms with E-state index in [1.54, 1.807) is 0 Å². The van der Waals surface area contributed by atoms with Gasteiger partial charge >= 0.3 is 5.69 Å². The second-order valence-electron chi connectivity index (χ2n) is 3.38. The van der Waals surface area contributed by atoms with E-state index >= 15 is 0 Å². The Labute approximate surface area is 111 Å². The van der Waals surface area contributed by atoms with E-state index in [1.807, 2.05) is 0 Å². The number of sulfonamides is 1. The number of thiophene rings is 1. The lowest BCUT2D eigenvalue weighted by Crippen LogP contribution is -2.10. The van der Waals surface area contributed by atoms with Crippen LogP contribution in [0.5, 0.6) is 0 Å². The largest absolute Gasteiger partial charge is 0.374 e. The third-order valence-electron chi connectivity index (χ3n) is 2.13. The molecule has 0 unspecified atom stereocenters. The summed E-state index contributed by atoms with van der Waals surface area (Å²) in [5.41, 5.74) is -0.0258. The van der Waals surface area contributed by atoms with Gasteiger partial charge < -0.3 is 5.32 Å². The van der Waals surface area contributed by atoms with Gasteiger partial charge in [-0.2, -0.15) is 5.10 Å². The first-order chi connectivity index (χ1) is 8.94. The summed E-state index contributed by atoms with van der Waals surface area (Å²) in [4.78, 5) is 10.1. The lowest BCUT2D eigenvalue weighted by molar-refractivity contribution is -0.383. The molecule has 19 heavy (non-hydrogen) atoms. The van der Waals surface area contributed by atoms with Crippen molar-refractivity contribution in [2.45, 2.75) is 4.21 Å². The molecule has 0 radical (unpaired) electrons. The third-order valence-corrected chi connectivity index (χ3v) is 5.13. The van der Waals surface area contributed by atoms with Crippen molar-refractivity contribution in [3.63, 3.8) is 0 Å². The molecule has 3 N–H and O–H groups in total. The standard InChI is InChI=1S/C8H9N5O4S2/c1-9-8-6(13(14)15)2-7(18-8)19(16,17)12-5-3-10-11-4-5/h2-4,9,12H,1H3,(H,10,11). The zero-order valence-corrected chi connectivity index (χ0v) is 11.2. The lowest BCUT2D eigenvalue weighted by Gasteiger charge is -2.01. The molecule has 0 aliphatic rings. The van der Waals surface area contributed by atoms with Crippen LogP contribution >= 0.6 is 11.3 Å². The van der Waals surface area contributed by atoms with Gasteiger partial charge in [-0.25, -0.2) is 8.42 Å². The molecule has 0 atom stereocenters. The number of rotatable bonds is 5. The van der Waals surface area contributed by atoms with Crippen LogP contribution in [0.15, 0.2) is 22.7 Å². The fourth-order valence-corrected chi connectivity index (χ4v) is 3.63. The zero-order chi connectivity index (χ0) is 14.0. The first kappa shape index (κ1) is 13.3. The molecule has 0 aromatic carbocycles. The molecule has 2 rings (SSSR count). The molecule has 9 nitrogen and oxygen atoms in total. The molecule has 0 spiro atoms. The highest BCUT2D eigenvalue weighted by molar-refractivity contribution is 7.94. The van der Waals surface area contributed by atoms with Gasteiger partial charge in [0.2, 0.25) is 0 Å². The van der Waals surface area contributed by atoms with Gasteiger partial charge in [0.15, 0.2) is 5.00 Å². The van der Waals surface area contributed by atoms with Gasteiger partial charge in [0.25, 0.3) is 10.0 Å². The zero-order valence-electron chi connectivity index (χ0n) is 9.58. The van der Waals surface area contributed by atoms with E-state index in [2.05, 4.69) is 20.2 Å². The molecule has 102 valence electrons. The summed E-state index contributed by atoms with van der Waals surface area (Å²) in [6.07, 6.45) is 2.65. The Morgan fingerprint density at radius 2 is 2.26 bits per heavy atom. The number of anilines is 2. The highest BCUT2D eigenvalue weighted by atomic mass is 32.2. The van der Waals surface area contributed by atoms with Crippen LogP contribution in [0.4, 0.5) is 16.4 Å². The quantitative estimate of drug-likeness (QED) is 0.562. The highest BCUT2D eigenvalue weighted by Crippen LogP contribution is 2.37. The van der Waals surface area contributed by atoms with Gasteiger partial charge in [-0.15, -0.1) is 0 Å². The third kappa shape index (κ3) is 2.66. The van der Waals surface area contributed by atoms with E-state index in [-0.39, 0.29) is 20.6 Å². The molecule has 2 aromatic rings. The lowest BCUT2D eigenvalue weighted by atomic mass is 10.5. The van der Waals surface area contributed by atoms with Gasteiger partial charge in [0, 0.05) is 19.3 Å². The second-order valence-corrected chi connectivity index (χ2v) is 6.34. The molecule has 0 aliphatic carbocycles. The maximum Gasteiger partial charge on any atom is 0.304 e. The topological polar surface area (TPSA) is 130 Å². The van der Waals surface area contributed by atoms with Crippen molar-refractivity contribution in [2.24, 2.45) is 0 Å². The number of H-pyrrole nitrogens is 1. The molecule has 0 aliphatic heterocycles. The minimum absolute atomic E-state index is 0.148. The number of nitro groups is 1. The first-order valence-corrected chi connectivity index (χ1v) is 7.21. The molecule has 2 aromatic heterocycles. The van der Waals surface area contributed by atoms with E-state index in [0.29, 0.717) is 0 Å². The predicted octanol–water partition coefficient (Wildman–Crippen LogP) is 1.22. The smallest absolute Gasteiger partial charge is 0.304 e. The molecule has 11 heteroatoms. The van der Waals surface area contributed by atoms with Crippen LogP contribution in [-0.2, 0) is 10.0 Å². The number of hydrogen-bond donors (Lipinski definition) is 3. The van der Waals surface area contributed by atoms with Crippen LogP contribution in [0.25, 0.3) is 0 Å². The van der Waals surface area contributed by atoms with Gasteiger partial charge in [0.05, 0.1) is 16.8 Å². The predicted molar refractivity (Wildman–Crippen MR) is 69.9 cm³/mol. The normalized spacial score (nSPS) is 11.2. The summed E-state index contributed by atoms with van der Waals surface area (Å²) < 4.78 is 26.1. The first-order valence-electron chi connectivity index (χ1n) is 4.91. The highest BCUT2D eigenvalue weighted by Gasteiger charge is 2.25. The van der Waals surface area contributed by atoms with Crippen molar-refractivity contribution in [3.05, 3.63) is 28.6 Å². The number of aromatic nitrogens is 2. The summed E-state index contributed by atoms with van der Waals surface area (Å²) in [7, 11) is -2.38. The van der Waals surface area contributed by atoms with Crippen LogP contribution in [0, 0.1) is 10.1 Å². The van der Waals surface area contributed by atoms with Crippen molar-refractivity contribution in [3.8, 4) is 0 Å². The Morgan fingerprint density at radius 3 is 2.74 bits per heavy atom. The Morgan fingerprint density at radius 1 is 1.53 bits per heavy atom. The SMILES string of the molecule is CNc1sc(S(=O)(=O)Nc2cn[nH]c2)cc1[N+](=O)[O-]. The van der Waals surface area contributed by atoms with Crippen molar-refractivity contribution in [1.82, 2.24) is 10.2 Å². The fraction of sp³-hybridized carbons (Fsp3) is 0.125. The molecule has 2 heterocycles. The molecular weight excluding hydrogens is 294 g/mol. The Balaban J connectivity index is 2.38. The van der Waals surface area contributed by atoms with Crippen LogP contribution in [0.2, 0.25) is 0 Å². The van der Waals surface area contributed by atoms with Crippen LogP contribution in [0.1, 0.15) is 0 Å². The maximum atomic E-state index is 12.0. The Bertz CT molecular complexity index is 691. The van der Waals surface area contributed by atoms with Gasteiger partial charge in [-0.05, 0) is 0 Å². The fourth-order valence-electron chi connectivity index (χ4n) is 1.32. The number of aromatic amines is 1. The van der Waals surface area contributed by atoms with Crippen molar-refractivity contribution < 1.29 is 13.3 Å². The molecule has 0 amide bonds. The molecule has 0 saturated carbocycles. The molecular formula is C8H9N5O4S2. The number of nitrogens with one attached hydrogen (secondary N) is 3. The van der Waals surface area contributed by atoms with E-state index in [1.165, 1.54) is 19.4 Å². The minimum Gasteiger partial charge on any atom is -0.374 e. The van der Waals surface area contributed by atoms with Crippen LogP contribution in [0.3, 0.4) is 0 Å². The van der Waals surface area contributed by atoms with E-state index in [9.17, 15) is 18.5 Å². The Hall–Kier alpha value is -2.14. The van der Waals surface area contributed by atoms with Crippen LogP contribution in [-0.4, -0.2) is 30.6 Å². The number of nitrogens with zero attached hydrogens (tertiary/aromatic N) is 2. The molecule has 0 saturated heterocycles. The van der Waals surface area contributed by atoms with Crippen LogP contribution < -0.4 is 10.0 Å². The molecule has 0 bridgehead atoms. The minimum atomic E-state index is -3.86. The Kier molecular flexibility index (Phi) is 3.40. The van der Waals surface area contributed by atoms with Gasteiger partial charge in [-0.3, -0.25) is 19.9 Å². The summed E-state index contributed by atoms with van der Waals surface area (Å²) in [6, 6.07) is 1.01. The average molecular weight is 303 g/mol. The number of hydrogen-bond acceptors (Lipinski definition) is 7. The van der Waals surface area contributed by atoms with Crippen molar-refractivity contribution >= 4 is 37.7 Å².